The summed E-state index contributed by atoms with van der Waals surface area (Å²) in [5, 5.41) is 0. The Morgan fingerprint density at radius 1 is 1.50 bits per heavy atom. The predicted molar refractivity (Wildman–Crippen MR) is 47.8 cm³/mol. The Morgan fingerprint density at radius 3 is 2.33 bits per heavy atom. The SMILES string of the molecule is CCOC1(CS(=O)(=O)Cl)CCC1. The number of halogens is 1. The van der Waals surface area contributed by atoms with Crippen LogP contribution in [0, 0.1) is 0 Å². The van der Waals surface area contributed by atoms with E-state index in [4.69, 9.17) is 15.4 Å². The molecule has 0 aromatic heterocycles. The molecule has 0 radical (unpaired) electrons. The summed E-state index contributed by atoms with van der Waals surface area (Å²) < 4.78 is 27.0. The molecule has 1 saturated carbocycles. The molecule has 0 N–H and O–H groups in total. The van der Waals surface area contributed by atoms with E-state index in [1.54, 1.807) is 0 Å². The zero-order valence-electron chi connectivity index (χ0n) is 7.05. The van der Waals surface area contributed by atoms with E-state index >= 15 is 0 Å². The summed E-state index contributed by atoms with van der Waals surface area (Å²) >= 11 is 0. The van der Waals surface area contributed by atoms with E-state index < -0.39 is 14.7 Å². The minimum Gasteiger partial charge on any atom is -0.374 e. The molecule has 1 aliphatic rings. The third kappa shape index (κ3) is 2.61. The van der Waals surface area contributed by atoms with Gasteiger partial charge in [-0.25, -0.2) is 8.42 Å². The van der Waals surface area contributed by atoms with Gasteiger partial charge in [0.05, 0.1) is 11.4 Å². The van der Waals surface area contributed by atoms with Crippen molar-refractivity contribution < 1.29 is 13.2 Å². The second kappa shape index (κ2) is 3.52. The minimum atomic E-state index is -3.42. The second-order valence-corrected chi connectivity index (χ2v) is 5.93. The Labute approximate surface area is 77.5 Å². The number of hydrogen-bond acceptors (Lipinski definition) is 3. The van der Waals surface area contributed by atoms with Gasteiger partial charge in [-0.2, -0.15) is 0 Å². The summed E-state index contributed by atoms with van der Waals surface area (Å²) in [4.78, 5) is 0. The highest BCUT2D eigenvalue weighted by atomic mass is 35.7. The van der Waals surface area contributed by atoms with Crippen LogP contribution in [0.5, 0.6) is 0 Å². The first-order chi connectivity index (χ1) is 5.47. The quantitative estimate of drug-likeness (QED) is 0.664. The fourth-order valence-corrected chi connectivity index (χ4v) is 3.12. The summed E-state index contributed by atoms with van der Waals surface area (Å²) in [6.07, 6.45) is 2.66. The standard InChI is InChI=1S/C7H13ClO3S/c1-2-11-7(4-3-5-7)6-12(8,9)10/h2-6H2,1H3. The van der Waals surface area contributed by atoms with Crippen LogP contribution < -0.4 is 0 Å². The molecule has 0 heterocycles. The molecular formula is C7H13ClO3S. The number of ether oxygens (including phenoxy) is 1. The van der Waals surface area contributed by atoms with E-state index in [2.05, 4.69) is 0 Å². The first-order valence-electron chi connectivity index (χ1n) is 4.04. The summed E-state index contributed by atoms with van der Waals surface area (Å²) in [6.45, 7) is 2.41. The molecule has 0 saturated heterocycles. The molecular weight excluding hydrogens is 200 g/mol. The highest BCUT2D eigenvalue weighted by Gasteiger charge is 2.41. The molecule has 0 amide bonds. The van der Waals surface area contributed by atoms with Crippen molar-refractivity contribution in [3.05, 3.63) is 0 Å². The Bertz CT molecular complexity index is 243. The van der Waals surface area contributed by atoms with Crippen LogP contribution in [0.25, 0.3) is 0 Å². The average Bonchev–Trinajstić information content (AvgIpc) is 1.80. The minimum absolute atomic E-state index is 0.0462. The van der Waals surface area contributed by atoms with Gasteiger partial charge in [0.1, 0.15) is 0 Å². The maximum atomic E-state index is 10.8. The smallest absolute Gasteiger partial charge is 0.235 e. The van der Waals surface area contributed by atoms with Crippen LogP contribution in [0.4, 0.5) is 0 Å². The molecule has 0 spiro atoms. The van der Waals surface area contributed by atoms with Crippen LogP contribution in [0.1, 0.15) is 26.2 Å². The van der Waals surface area contributed by atoms with Gasteiger partial charge >= 0.3 is 0 Å². The van der Waals surface area contributed by atoms with Gasteiger partial charge in [0.15, 0.2) is 0 Å². The van der Waals surface area contributed by atoms with Crippen LogP contribution in [0.2, 0.25) is 0 Å². The van der Waals surface area contributed by atoms with E-state index in [0.29, 0.717) is 6.61 Å². The van der Waals surface area contributed by atoms with Gasteiger partial charge in [-0.15, -0.1) is 0 Å². The van der Waals surface area contributed by atoms with Crippen molar-refractivity contribution in [3.8, 4) is 0 Å². The molecule has 72 valence electrons. The lowest BCUT2D eigenvalue weighted by Gasteiger charge is -2.40. The lowest BCUT2D eigenvalue weighted by molar-refractivity contribution is -0.0766. The fourth-order valence-electron chi connectivity index (χ4n) is 1.52. The maximum Gasteiger partial charge on any atom is 0.235 e. The third-order valence-corrected chi connectivity index (χ3v) is 3.35. The second-order valence-electron chi connectivity index (χ2n) is 3.15. The Balaban J connectivity index is 2.56. The molecule has 12 heavy (non-hydrogen) atoms. The zero-order valence-corrected chi connectivity index (χ0v) is 8.62. The van der Waals surface area contributed by atoms with Crippen molar-refractivity contribution in [3.63, 3.8) is 0 Å². The molecule has 0 bridgehead atoms. The predicted octanol–water partition coefficient (Wildman–Crippen LogP) is 1.51. The lowest BCUT2D eigenvalue weighted by Crippen LogP contribution is -2.45. The molecule has 0 aromatic rings. The van der Waals surface area contributed by atoms with Crippen LogP contribution in [-0.2, 0) is 13.8 Å². The summed E-state index contributed by atoms with van der Waals surface area (Å²) in [7, 11) is 1.74. The first-order valence-corrected chi connectivity index (χ1v) is 6.52. The van der Waals surface area contributed by atoms with Gasteiger partial charge in [0.2, 0.25) is 9.05 Å². The van der Waals surface area contributed by atoms with Crippen LogP contribution in [0.15, 0.2) is 0 Å². The molecule has 0 aromatic carbocycles. The highest BCUT2D eigenvalue weighted by Crippen LogP contribution is 2.37. The Kier molecular flexibility index (Phi) is 3.01. The number of hydrogen-bond donors (Lipinski definition) is 0. The third-order valence-electron chi connectivity index (χ3n) is 2.15. The van der Waals surface area contributed by atoms with Crippen molar-refractivity contribution >= 4 is 19.7 Å². The van der Waals surface area contributed by atoms with Gasteiger partial charge < -0.3 is 4.74 Å². The molecule has 0 aliphatic heterocycles. The van der Waals surface area contributed by atoms with Crippen LogP contribution in [-0.4, -0.2) is 26.4 Å². The summed E-state index contributed by atoms with van der Waals surface area (Å²) in [5.74, 6) is -0.0462. The van der Waals surface area contributed by atoms with E-state index in [0.717, 1.165) is 19.3 Å². The maximum absolute atomic E-state index is 10.8. The highest BCUT2D eigenvalue weighted by molar-refractivity contribution is 8.13. The van der Waals surface area contributed by atoms with Crippen LogP contribution in [0.3, 0.4) is 0 Å². The lowest BCUT2D eigenvalue weighted by atomic mass is 9.82. The van der Waals surface area contributed by atoms with Crippen molar-refractivity contribution in [1.29, 1.82) is 0 Å². The summed E-state index contributed by atoms with van der Waals surface area (Å²) in [5.41, 5.74) is -0.463. The van der Waals surface area contributed by atoms with Crippen molar-refractivity contribution in [2.24, 2.45) is 0 Å². The van der Waals surface area contributed by atoms with E-state index in [1.807, 2.05) is 6.92 Å². The van der Waals surface area contributed by atoms with Gasteiger partial charge in [-0.05, 0) is 26.2 Å². The zero-order chi connectivity index (χ0) is 9.24. The molecule has 3 nitrogen and oxygen atoms in total. The molecule has 1 rings (SSSR count). The van der Waals surface area contributed by atoms with Gasteiger partial charge in [-0.1, -0.05) is 0 Å². The fraction of sp³-hybridized carbons (Fsp3) is 1.00. The van der Waals surface area contributed by atoms with E-state index in [9.17, 15) is 8.42 Å². The molecule has 0 unspecified atom stereocenters. The van der Waals surface area contributed by atoms with Gasteiger partial charge in [0.25, 0.3) is 0 Å². The normalized spacial score (nSPS) is 21.8. The first kappa shape index (κ1) is 10.3. The van der Waals surface area contributed by atoms with Crippen molar-refractivity contribution in [2.75, 3.05) is 12.4 Å². The van der Waals surface area contributed by atoms with Gasteiger partial charge in [0, 0.05) is 17.3 Å². The average molecular weight is 213 g/mol. The molecule has 0 atom stereocenters. The Morgan fingerprint density at radius 2 is 2.08 bits per heavy atom. The van der Waals surface area contributed by atoms with E-state index in [-0.39, 0.29) is 5.75 Å². The Hall–Kier alpha value is 0.200. The molecule has 1 aliphatic carbocycles. The van der Waals surface area contributed by atoms with Crippen molar-refractivity contribution in [2.45, 2.75) is 31.8 Å². The number of rotatable bonds is 4. The van der Waals surface area contributed by atoms with E-state index in [1.165, 1.54) is 0 Å². The van der Waals surface area contributed by atoms with Crippen molar-refractivity contribution in [1.82, 2.24) is 0 Å². The largest absolute Gasteiger partial charge is 0.374 e. The molecule has 1 fully saturated rings. The summed E-state index contributed by atoms with van der Waals surface area (Å²) in [6, 6.07) is 0. The monoisotopic (exact) mass is 212 g/mol. The van der Waals surface area contributed by atoms with Gasteiger partial charge in [-0.3, -0.25) is 0 Å². The molecule has 5 heteroatoms. The van der Waals surface area contributed by atoms with Crippen LogP contribution >= 0.6 is 10.7 Å². The topological polar surface area (TPSA) is 43.4 Å².